The highest BCUT2D eigenvalue weighted by molar-refractivity contribution is 6.42. The Morgan fingerprint density at radius 3 is 2.31 bits per heavy atom. The first-order valence-corrected chi connectivity index (χ1v) is 4.24. The number of hydrogen-bond acceptors (Lipinski definition) is 3. The Kier molecular flexibility index (Phi) is 3.44. The van der Waals surface area contributed by atoms with Crippen LogP contribution < -0.4 is 4.65 Å². The maximum atomic E-state index is 8.55. The Balaban J connectivity index is 3.01. The summed E-state index contributed by atoms with van der Waals surface area (Å²) in [5.41, 5.74) is 0.683. The van der Waals surface area contributed by atoms with Gasteiger partial charge < -0.3 is 14.7 Å². The van der Waals surface area contributed by atoms with Crippen LogP contribution >= 0.6 is 23.2 Å². The molecule has 13 heavy (non-hydrogen) atoms. The van der Waals surface area contributed by atoms with Crippen molar-refractivity contribution in [2.45, 2.75) is 6.92 Å². The molecule has 0 aromatic heterocycles. The molecular formula is C7H7BCl2O3. The Morgan fingerprint density at radius 2 is 1.77 bits per heavy atom. The van der Waals surface area contributed by atoms with Gasteiger partial charge in [-0.05, 0) is 24.6 Å². The average molecular weight is 221 g/mol. The zero-order valence-electron chi connectivity index (χ0n) is 6.79. The smallest absolute Gasteiger partial charge is 0.512 e. The quantitative estimate of drug-likeness (QED) is 0.746. The van der Waals surface area contributed by atoms with Crippen LogP contribution in [0, 0.1) is 6.92 Å². The van der Waals surface area contributed by atoms with Gasteiger partial charge in [-0.3, -0.25) is 0 Å². The molecule has 0 spiro atoms. The van der Waals surface area contributed by atoms with E-state index in [1.165, 1.54) is 6.07 Å². The molecule has 70 valence electrons. The minimum atomic E-state index is -1.85. The first-order valence-electron chi connectivity index (χ1n) is 3.49. The third kappa shape index (κ3) is 2.77. The van der Waals surface area contributed by atoms with Gasteiger partial charge in [0.05, 0.1) is 10.0 Å². The van der Waals surface area contributed by atoms with E-state index in [4.69, 9.17) is 33.2 Å². The standard InChI is InChI=1S/C7H7BCl2O3/c1-4-2-5(9)6(10)3-7(4)13-8(11)12/h2-3,11-12H,1H3. The second kappa shape index (κ2) is 4.20. The lowest BCUT2D eigenvalue weighted by atomic mass is 10.2. The largest absolute Gasteiger partial charge is 0.707 e. The molecule has 0 aliphatic rings. The highest BCUT2D eigenvalue weighted by Crippen LogP contribution is 2.29. The van der Waals surface area contributed by atoms with E-state index in [-0.39, 0.29) is 0 Å². The van der Waals surface area contributed by atoms with E-state index in [9.17, 15) is 0 Å². The molecule has 0 fully saturated rings. The fraction of sp³-hybridized carbons (Fsp3) is 0.143. The summed E-state index contributed by atoms with van der Waals surface area (Å²) in [6, 6.07) is 3.01. The summed E-state index contributed by atoms with van der Waals surface area (Å²) in [7, 11) is -1.85. The lowest BCUT2D eigenvalue weighted by Gasteiger charge is -2.09. The molecule has 3 nitrogen and oxygen atoms in total. The SMILES string of the molecule is Cc1cc(Cl)c(Cl)cc1OB(O)O. The van der Waals surface area contributed by atoms with E-state index >= 15 is 0 Å². The predicted molar refractivity (Wildman–Crippen MR) is 52.0 cm³/mol. The van der Waals surface area contributed by atoms with Crippen LogP contribution in [0.5, 0.6) is 5.75 Å². The highest BCUT2D eigenvalue weighted by atomic mass is 35.5. The summed E-state index contributed by atoms with van der Waals surface area (Å²) in [6.07, 6.45) is 0. The molecule has 0 saturated carbocycles. The van der Waals surface area contributed by atoms with Crippen LogP contribution in [-0.2, 0) is 0 Å². The van der Waals surface area contributed by atoms with E-state index in [0.29, 0.717) is 21.4 Å². The molecule has 0 unspecified atom stereocenters. The van der Waals surface area contributed by atoms with E-state index in [2.05, 4.69) is 4.65 Å². The molecule has 1 aromatic rings. The zero-order chi connectivity index (χ0) is 10.0. The fourth-order valence-corrected chi connectivity index (χ4v) is 1.24. The number of rotatable bonds is 2. The van der Waals surface area contributed by atoms with Crippen LogP contribution in [0.4, 0.5) is 0 Å². The molecule has 1 aromatic carbocycles. The maximum Gasteiger partial charge on any atom is 0.707 e. The van der Waals surface area contributed by atoms with Crippen molar-refractivity contribution >= 4 is 30.5 Å². The molecule has 0 aliphatic carbocycles. The van der Waals surface area contributed by atoms with E-state index in [1.807, 2.05) is 0 Å². The van der Waals surface area contributed by atoms with Crippen molar-refractivity contribution in [1.82, 2.24) is 0 Å². The van der Waals surface area contributed by atoms with E-state index in [1.54, 1.807) is 13.0 Å². The third-order valence-electron chi connectivity index (χ3n) is 1.45. The molecule has 0 heterocycles. The molecule has 0 aliphatic heterocycles. The van der Waals surface area contributed by atoms with Gasteiger partial charge in [-0.2, -0.15) is 0 Å². The molecule has 0 radical (unpaired) electrons. The van der Waals surface area contributed by atoms with Gasteiger partial charge in [0.15, 0.2) is 0 Å². The lowest BCUT2D eigenvalue weighted by molar-refractivity contribution is 0.287. The van der Waals surface area contributed by atoms with Gasteiger partial charge in [0.25, 0.3) is 0 Å². The van der Waals surface area contributed by atoms with Crippen molar-refractivity contribution in [3.63, 3.8) is 0 Å². The van der Waals surface area contributed by atoms with Crippen molar-refractivity contribution in [3.05, 3.63) is 27.7 Å². The normalized spacial score (nSPS) is 9.92. The fourth-order valence-electron chi connectivity index (χ4n) is 0.869. The summed E-state index contributed by atoms with van der Waals surface area (Å²) in [6.45, 7) is 1.72. The Hall–Kier alpha value is -0.415. The second-order valence-corrected chi connectivity index (χ2v) is 3.29. The van der Waals surface area contributed by atoms with Crippen LogP contribution in [0.1, 0.15) is 5.56 Å². The van der Waals surface area contributed by atoms with Crippen LogP contribution in [0.3, 0.4) is 0 Å². The third-order valence-corrected chi connectivity index (χ3v) is 2.17. The predicted octanol–water partition coefficient (Wildman–Crippen LogP) is 1.65. The summed E-state index contributed by atoms with van der Waals surface area (Å²) in [5, 5.41) is 17.8. The van der Waals surface area contributed by atoms with Crippen LogP contribution in [0.15, 0.2) is 12.1 Å². The Morgan fingerprint density at radius 1 is 1.23 bits per heavy atom. The van der Waals surface area contributed by atoms with E-state index in [0.717, 1.165) is 0 Å². The van der Waals surface area contributed by atoms with Crippen molar-refractivity contribution in [2.75, 3.05) is 0 Å². The summed E-state index contributed by atoms with van der Waals surface area (Å²) in [4.78, 5) is 0. The molecular weight excluding hydrogens is 214 g/mol. The number of benzene rings is 1. The van der Waals surface area contributed by atoms with Gasteiger partial charge >= 0.3 is 7.32 Å². The lowest BCUT2D eigenvalue weighted by Crippen LogP contribution is -2.21. The molecule has 0 atom stereocenters. The maximum absolute atomic E-state index is 8.55. The van der Waals surface area contributed by atoms with Crippen molar-refractivity contribution in [3.8, 4) is 5.75 Å². The first kappa shape index (κ1) is 10.7. The van der Waals surface area contributed by atoms with Crippen LogP contribution in [0.25, 0.3) is 0 Å². The monoisotopic (exact) mass is 220 g/mol. The van der Waals surface area contributed by atoms with Crippen molar-refractivity contribution in [1.29, 1.82) is 0 Å². The van der Waals surface area contributed by atoms with E-state index < -0.39 is 7.32 Å². The molecule has 0 saturated heterocycles. The second-order valence-electron chi connectivity index (χ2n) is 2.48. The first-order chi connectivity index (χ1) is 6.00. The molecule has 0 bridgehead atoms. The number of halogens is 2. The summed E-state index contributed by atoms with van der Waals surface area (Å²) < 4.78 is 4.65. The number of aryl methyl sites for hydroxylation is 1. The average Bonchev–Trinajstić information content (AvgIpc) is 1.99. The summed E-state index contributed by atoms with van der Waals surface area (Å²) in [5.74, 6) is 0.296. The van der Waals surface area contributed by atoms with Gasteiger partial charge in [0.1, 0.15) is 5.75 Å². The van der Waals surface area contributed by atoms with Crippen molar-refractivity contribution < 1.29 is 14.7 Å². The molecule has 2 N–H and O–H groups in total. The molecule has 1 rings (SSSR count). The topological polar surface area (TPSA) is 49.7 Å². The molecule has 0 amide bonds. The van der Waals surface area contributed by atoms with Crippen LogP contribution in [-0.4, -0.2) is 17.4 Å². The minimum Gasteiger partial charge on any atom is -0.512 e. The van der Waals surface area contributed by atoms with Gasteiger partial charge in [-0.25, -0.2) is 0 Å². The van der Waals surface area contributed by atoms with Gasteiger partial charge in [0, 0.05) is 0 Å². The Bertz CT molecular complexity index is 317. The van der Waals surface area contributed by atoms with Gasteiger partial charge in [0.2, 0.25) is 0 Å². The zero-order valence-corrected chi connectivity index (χ0v) is 8.30. The molecule has 6 heteroatoms. The highest BCUT2D eigenvalue weighted by Gasteiger charge is 2.14. The summed E-state index contributed by atoms with van der Waals surface area (Å²) >= 11 is 11.4. The Labute approximate surface area is 86.0 Å². The van der Waals surface area contributed by atoms with Gasteiger partial charge in [-0.15, -0.1) is 0 Å². The number of hydrogen-bond donors (Lipinski definition) is 2. The minimum absolute atomic E-state index is 0.296. The van der Waals surface area contributed by atoms with Crippen LogP contribution in [0.2, 0.25) is 10.0 Å². The van der Waals surface area contributed by atoms with Crippen molar-refractivity contribution in [2.24, 2.45) is 0 Å². The van der Waals surface area contributed by atoms with Gasteiger partial charge in [-0.1, -0.05) is 23.2 Å².